The monoisotopic (exact) mass is 361 g/mol. The number of halogens is 1. The van der Waals surface area contributed by atoms with E-state index in [0.717, 1.165) is 38.6 Å². The van der Waals surface area contributed by atoms with Crippen LogP contribution in [-0.4, -0.2) is 38.2 Å². The van der Waals surface area contributed by atoms with Crippen LogP contribution in [0, 0.1) is 0 Å². The lowest BCUT2D eigenvalue weighted by Gasteiger charge is -2.02. The molecule has 1 N–H and O–H groups in total. The van der Waals surface area contributed by atoms with E-state index in [9.17, 15) is 4.79 Å². The van der Waals surface area contributed by atoms with Gasteiger partial charge < -0.3 is 4.98 Å². The molecule has 3 heterocycles. The summed E-state index contributed by atoms with van der Waals surface area (Å²) >= 11 is 9.52. The van der Waals surface area contributed by atoms with Crippen molar-refractivity contribution in [2.75, 3.05) is 18.1 Å². The van der Waals surface area contributed by atoms with Crippen LogP contribution in [0.25, 0.3) is 21.9 Å². The highest BCUT2D eigenvalue weighted by Crippen LogP contribution is 2.31. The Morgan fingerprint density at radius 1 is 1.39 bits per heavy atom. The molecule has 116 valence electrons. The number of hydrogen-bond acceptors (Lipinski definition) is 5. The summed E-state index contributed by atoms with van der Waals surface area (Å²) in [5.41, 5.74) is 2.36. The summed E-state index contributed by atoms with van der Waals surface area (Å²) in [7, 11) is 0. The Kier molecular flexibility index (Phi) is 4.05. The lowest BCUT2D eigenvalue weighted by atomic mass is 10.1. The number of carbonyl (C=O) groups is 1. The molecule has 3 aromatic rings. The van der Waals surface area contributed by atoms with Crippen LogP contribution in [0.2, 0.25) is 5.02 Å². The second-order valence-electron chi connectivity index (χ2n) is 5.11. The van der Waals surface area contributed by atoms with Gasteiger partial charge in [-0.15, -0.1) is 0 Å². The van der Waals surface area contributed by atoms with Gasteiger partial charge in [-0.1, -0.05) is 35.1 Å². The van der Waals surface area contributed by atoms with Crippen molar-refractivity contribution in [2.24, 2.45) is 4.99 Å². The molecule has 0 atom stereocenters. The maximum atomic E-state index is 12.4. The number of rotatable bonds is 3. The minimum Gasteiger partial charge on any atom is -0.339 e. The normalized spacial score (nSPS) is 14.6. The predicted molar refractivity (Wildman–Crippen MR) is 100 cm³/mol. The van der Waals surface area contributed by atoms with E-state index in [4.69, 9.17) is 11.6 Å². The Morgan fingerprint density at radius 3 is 3.13 bits per heavy atom. The number of pyridine rings is 1. The van der Waals surface area contributed by atoms with Crippen LogP contribution >= 0.6 is 35.1 Å². The molecule has 0 radical (unpaired) electrons. The first-order valence-corrected chi connectivity index (χ1v) is 9.46. The van der Waals surface area contributed by atoms with E-state index < -0.39 is 0 Å². The first-order chi connectivity index (χ1) is 11.2. The van der Waals surface area contributed by atoms with Crippen molar-refractivity contribution < 1.29 is 4.79 Å². The minimum absolute atomic E-state index is 0.0986. The number of fused-ring (bicyclic) bond motifs is 3. The number of Topliss-reactive ketones (excluding diaryl/α,β-unsaturated/α-hetero) is 1. The zero-order chi connectivity index (χ0) is 15.8. The second kappa shape index (κ2) is 6.19. The maximum Gasteiger partial charge on any atom is 0.173 e. The van der Waals surface area contributed by atoms with Crippen LogP contribution in [-0.2, 0) is 0 Å². The third-order valence-electron chi connectivity index (χ3n) is 3.65. The van der Waals surface area contributed by atoms with Gasteiger partial charge in [0.05, 0.1) is 17.3 Å². The fourth-order valence-electron chi connectivity index (χ4n) is 2.56. The topological polar surface area (TPSA) is 58.1 Å². The highest BCUT2D eigenvalue weighted by atomic mass is 35.5. The van der Waals surface area contributed by atoms with E-state index in [1.165, 1.54) is 11.8 Å². The summed E-state index contributed by atoms with van der Waals surface area (Å²) in [6, 6.07) is 7.41. The van der Waals surface area contributed by atoms with Gasteiger partial charge >= 0.3 is 0 Å². The van der Waals surface area contributed by atoms with Gasteiger partial charge in [-0.25, -0.2) is 4.98 Å². The molecule has 0 saturated heterocycles. The van der Waals surface area contributed by atoms with Gasteiger partial charge in [0.15, 0.2) is 5.78 Å². The number of nitrogens with zero attached hydrogens (tertiary/aromatic N) is 2. The van der Waals surface area contributed by atoms with Gasteiger partial charge in [-0.05, 0) is 24.3 Å². The second-order valence-corrected chi connectivity index (χ2v) is 7.82. The fourth-order valence-corrected chi connectivity index (χ4v) is 4.72. The Hall–Kier alpha value is -1.50. The third-order valence-corrected chi connectivity index (χ3v) is 6.22. The highest BCUT2D eigenvalue weighted by molar-refractivity contribution is 8.39. The molecule has 1 aliphatic rings. The summed E-state index contributed by atoms with van der Waals surface area (Å²) in [6.07, 6.45) is 1.67. The van der Waals surface area contributed by atoms with Crippen LogP contribution in [0.5, 0.6) is 0 Å². The Morgan fingerprint density at radius 2 is 2.30 bits per heavy atom. The van der Waals surface area contributed by atoms with Crippen molar-refractivity contribution in [1.29, 1.82) is 0 Å². The van der Waals surface area contributed by atoms with Gasteiger partial charge in [-0.2, -0.15) is 0 Å². The zero-order valence-electron chi connectivity index (χ0n) is 12.0. The molecule has 7 heteroatoms. The van der Waals surface area contributed by atoms with Crippen molar-refractivity contribution in [3.63, 3.8) is 0 Å². The largest absolute Gasteiger partial charge is 0.339 e. The summed E-state index contributed by atoms with van der Waals surface area (Å²) in [6.45, 7) is 0.855. The summed E-state index contributed by atoms with van der Waals surface area (Å²) < 4.78 is 1.01. The zero-order valence-corrected chi connectivity index (χ0v) is 14.4. The van der Waals surface area contributed by atoms with Crippen LogP contribution in [0.4, 0.5) is 0 Å². The smallest absolute Gasteiger partial charge is 0.173 e. The average molecular weight is 362 g/mol. The Labute approximate surface area is 146 Å². The third kappa shape index (κ3) is 2.86. The first-order valence-electron chi connectivity index (χ1n) is 7.11. The van der Waals surface area contributed by atoms with E-state index >= 15 is 0 Å². The van der Waals surface area contributed by atoms with E-state index in [1.54, 1.807) is 24.0 Å². The van der Waals surface area contributed by atoms with Crippen LogP contribution in [0.1, 0.15) is 10.4 Å². The average Bonchev–Trinajstić information content (AvgIpc) is 3.19. The molecule has 0 fully saturated rings. The number of H-pyrrole nitrogens is 1. The lowest BCUT2D eigenvalue weighted by Crippen LogP contribution is -2.03. The van der Waals surface area contributed by atoms with Crippen LogP contribution in [0.15, 0.2) is 35.5 Å². The molecule has 0 bridgehead atoms. The van der Waals surface area contributed by atoms with Crippen molar-refractivity contribution in [3.8, 4) is 0 Å². The van der Waals surface area contributed by atoms with Gasteiger partial charge in [0.1, 0.15) is 10.0 Å². The number of aromatic nitrogens is 2. The molecule has 23 heavy (non-hydrogen) atoms. The van der Waals surface area contributed by atoms with Crippen molar-refractivity contribution in [2.45, 2.75) is 0 Å². The number of nitrogens with one attached hydrogen (secondary N) is 1. The fraction of sp³-hybridized carbons (Fsp3) is 0.188. The van der Waals surface area contributed by atoms with Gasteiger partial charge in [0.2, 0.25) is 0 Å². The molecule has 4 rings (SSSR count). The molecule has 0 spiro atoms. The Balaban J connectivity index is 1.67. The number of benzene rings is 1. The summed E-state index contributed by atoms with van der Waals surface area (Å²) in [5, 5.41) is 2.43. The van der Waals surface area contributed by atoms with Crippen molar-refractivity contribution in [1.82, 2.24) is 9.97 Å². The van der Waals surface area contributed by atoms with Crippen LogP contribution < -0.4 is 0 Å². The van der Waals surface area contributed by atoms with E-state index in [1.807, 2.05) is 18.2 Å². The minimum atomic E-state index is 0.0986. The standard InChI is InChI=1S/C16H12ClN3OS2/c17-11-3-4-18-15-14(11)10-7-9(1-2-12(10)20-15)13(21)8-23-16-19-5-6-22-16/h1-4,7H,5-6,8H2,(H,18,20). The van der Waals surface area contributed by atoms with E-state index in [-0.39, 0.29) is 5.78 Å². The van der Waals surface area contributed by atoms with Crippen LogP contribution in [0.3, 0.4) is 0 Å². The van der Waals surface area contributed by atoms with Crippen molar-refractivity contribution >= 4 is 67.2 Å². The summed E-state index contributed by atoms with van der Waals surface area (Å²) in [4.78, 5) is 24.3. The SMILES string of the molecule is O=C(CSC1=NCCS1)c1ccc2[nH]c3nccc(Cl)c3c2c1. The highest BCUT2D eigenvalue weighted by Gasteiger charge is 2.14. The molecule has 1 aromatic carbocycles. The first kappa shape index (κ1) is 15.1. The number of hydrogen-bond donors (Lipinski definition) is 1. The van der Waals surface area contributed by atoms with E-state index in [2.05, 4.69) is 15.0 Å². The Bertz CT molecular complexity index is 951. The number of ketones is 1. The van der Waals surface area contributed by atoms with Gasteiger partial charge in [0, 0.05) is 33.8 Å². The molecule has 0 aliphatic carbocycles. The number of carbonyl (C=O) groups excluding carboxylic acids is 1. The van der Waals surface area contributed by atoms with Gasteiger partial charge in [0.25, 0.3) is 0 Å². The van der Waals surface area contributed by atoms with E-state index in [0.29, 0.717) is 16.3 Å². The number of thioether (sulfide) groups is 2. The number of aromatic amines is 1. The molecular weight excluding hydrogens is 350 g/mol. The molecular formula is C16H12ClN3OS2. The number of aliphatic imine (C=N–C) groups is 1. The predicted octanol–water partition coefficient (Wildman–Crippen LogP) is 4.39. The quantitative estimate of drug-likeness (QED) is 0.703. The molecule has 0 unspecified atom stereocenters. The molecule has 0 amide bonds. The molecule has 2 aromatic heterocycles. The summed E-state index contributed by atoms with van der Waals surface area (Å²) in [5.74, 6) is 1.52. The molecule has 0 saturated carbocycles. The van der Waals surface area contributed by atoms with Crippen molar-refractivity contribution in [3.05, 3.63) is 41.0 Å². The lowest BCUT2D eigenvalue weighted by molar-refractivity contribution is 0.102. The molecule has 4 nitrogen and oxygen atoms in total. The van der Waals surface area contributed by atoms with Gasteiger partial charge in [-0.3, -0.25) is 9.79 Å². The maximum absolute atomic E-state index is 12.4. The molecule has 1 aliphatic heterocycles.